The second-order valence-electron chi connectivity index (χ2n) is 3.83. The number of pyridine rings is 1. The third-order valence-corrected chi connectivity index (χ3v) is 2.43. The van der Waals surface area contributed by atoms with E-state index in [9.17, 15) is 0 Å². The molecule has 0 unspecified atom stereocenters. The van der Waals surface area contributed by atoms with Crippen LogP contribution in [-0.4, -0.2) is 25.6 Å². The second kappa shape index (κ2) is 6.40. The van der Waals surface area contributed by atoms with E-state index in [-0.39, 0.29) is 0 Å². The molecule has 0 saturated heterocycles. The Hall–Kier alpha value is -1.09. The Balaban J connectivity index is 2.54. The number of anilines is 1. The van der Waals surface area contributed by atoms with Gasteiger partial charge in [-0.25, -0.2) is 4.98 Å². The Morgan fingerprint density at radius 1 is 1.40 bits per heavy atom. The summed E-state index contributed by atoms with van der Waals surface area (Å²) in [6.07, 6.45) is 4.38. The molecule has 15 heavy (non-hydrogen) atoms. The number of aromatic nitrogens is 1. The summed E-state index contributed by atoms with van der Waals surface area (Å²) in [4.78, 5) is 6.64. The quantitative estimate of drug-likeness (QED) is 0.773. The summed E-state index contributed by atoms with van der Waals surface area (Å²) in [5.41, 5.74) is 1.23. The van der Waals surface area contributed by atoms with Crippen LogP contribution in [-0.2, 0) is 6.54 Å². The van der Waals surface area contributed by atoms with Crippen molar-refractivity contribution in [3.63, 3.8) is 0 Å². The first kappa shape index (κ1) is 12.0. The van der Waals surface area contributed by atoms with Gasteiger partial charge in [-0.3, -0.25) is 0 Å². The number of hydrogen-bond acceptors (Lipinski definition) is 3. The highest BCUT2D eigenvalue weighted by Crippen LogP contribution is 2.10. The van der Waals surface area contributed by atoms with Crippen molar-refractivity contribution in [2.75, 3.05) is 25.5 Å². The lowest BCUT2D eigenvalue weighted by Gasteiger charge is -2.17. The number of hydrogen-bond donors (Lipinski definition) is 1. The highest BCUT2D eigenvalue weighted by atomic mass is 15.2. The molecule has 1 aromatic heterocycles. The van der Waals surface area contributed by atoms with Crippen LogP contribution in [0, 0.1) is 0 Å². The fraction of sp³-hybridized carbons (Fsp3) is 0.583. The lowest BCUT2D eigenvalue weighted by molar-refractivity contribution is 0.757. The third kappa shape index (κ3) is 3.88. The monoisotopic (exact) mass is 207 g/mol. The molecule has 0 aliphatic carbocycles. The van der Waals surface area contributed by atoms with E-state index in [1.165, 1.54) is 18.4 Å². The number of unbranched alkanes of at least 4 members (excludes halogenated alkanes) is 1. The molecular formula is C12H21N3. The van der Waals surface area contributed by atoms with E-state index < -0.39 is 0 Å². The van der Waals surface area contributed by atoms with Crippen LogP contribution in [0.4, 0.5) is 5.82 Å². The molecule has 0 amide bonds. The van der Waals surface area contributed by atoms with E-state index in [1.807, 2.05) is 13.2 Å². The lowest BCUT2D eigenvalue weighted by Crippen LogP contribution is -2.19. The molecule has 1 heterocycles. The summed E-state index contributed by atoms with van der Waals surface area (Å²) < 4.78 is 0. The van der Waals surface area contributed by atoms with Gasteiger partial charge in [-0.05, 0) is 25.1 Å². The third-order valence-electron chi connectivity index (χ3n) is 2.43. The van der Waals surface area contributed by atoms with Gasteiger partial charge in [0.2, 0.25) is 0 Å². The molecule has 0 spiro atoms. The molecule has 0 aliphatic heterocycles. The van der Waals surface area contributed by atoms with Crippen molar-refractivity contribution in [3.05, 3.63) is 23.9 Å². The van der Waals surface area contributed by atoms with Gasteiger partial charge >= 0.3 is 0 Å². The Bertz CT molecular complexity index is 269. The minimum Gasteiger partial charge on any atom is -0.360 e. The minimum absolute atomic E-state index is 0.881. The van der Waals surface area contributed by atoms with Crippen molar-refractivity contribution < 1.29 is 0 Å². The molecule has 0 atom stereocenters. The van der Waals surface area contributed by atoms with Gasteiger partial charge in [0, 0.05) is 26.3 Å². The molecule has 0 aromatic carbocycles. The summed E-state index contributed by atoms with van der Waals surface area (Å²) in [6, 6.07) is 4.21. The van der Waals surface area contributed by atoms with Crippen LogP contribution in [0.3, 0.4) is 0 Å². The van der Waals surface area contributed by atoms with E-state index in [2.05, 4.69) is 41.3 Å². The molecule has 0 saturated carbocycles. The summed E-state index contributed by atoms with van der Waals surface area (Å²) in [5, 5.41) is 3.11. The summed E-state index contributed by atoms with van der Waals surface area (Å²) in [7, 11) is 4.04. The number of rotatable bonds is 6. The Labute approximate surface area is 92.5 Å². The van der Waals surface area contributed by atoms with Crippen molar-refractivity contribution >= 4 is 5.82 Å². The zero-order valence-electron chi connectivity index (χ0n) is 9.95. The summed E-state index contributed by atoms with van der Waals surface area (Å²) >= 11 is 0. The molecule has 1 aromatic rings. The van der Waals surface area contributed by atoms with E-state index in [0.29, 0.717) is 0 Å². The zero-order chi connectivity index (χ0) is 11.1. The molecule has 3 heteroatoms. The summed E-state index contributed by atoms with van der Waals surface area (Å²) in [5.74, 6) is 1.06. The fourth-order valence-corrected chi connectivity index (χ4v) is 1.46. The van der Waals surface area contributed by atoms with E-state index in [1.54, 1.807) is 0 Å². The minimum atomic E-state index is 0.881. The van der Waals surface area contributed by atoms with E-state index in [4.69, 9.17) is 0 Å². The second-order valence-corrected chi connectivity index (χ2v) is 3.83. The average Bonchev–Trinajstić information content (AvgIpc) is 2.27. The van der Waals surface area contributed by atoms with E-state index >= 15 is 0 Å². The number of nitrogens with one attached hydrogen (secondary N) is 1. The highest BCUT2D eigenvalue weighted by Gasteiger charge is 2.00. The standard InChI is InChI=1S/C12H21N3/c1-4-5-8-15(3)12-7-6-11(9-13-2)10-14-12/h6-7,10,13H,4-5,8-9H2,1-3H3. The van der Waals surface area contributed by atoms with Crippen LogP contribution in [0.15, 0.2) is 18.3 Å². The van der Waals surface area contributed by atoms with Crippen LogP contribution in [0.2, 0.25) is 0 Å². The van der Waals surface area contributed by atoms with Crippen LogP contribution in [0.5, 0.6) is 0 Å². The van der Waals surface area contributed by atoms with E-state index in [0.717, 1.165) is 18.9 Å². The molecule has 0 aliphatic rings. The Kier molecular flexibility index (Phi) is 5.12. The normalized spacial score (nSPS) is 10.3. The Morgan fingerprint density at radius 2 is 2.20 bits per heavy atom. The lowest BCUT2D eigenvalue weighted by atomic mass is 10.2. The SMILES string of the molecule is CCCCN(C)c1ccc(CNC)cn1. The molecule has 0 bridgehead atoms. The van der Waals surface area contributed by atoms with Gasteiger partial charge < -0.3 is 10.2 Å². The van der Waals surface area contributed by atoms with Crippen LogP contribution < -0.4 is 10.2 Å². The van der Waals surface area contributed by atoms with Gasteiger partial charge in [-0.1, -0.05) is 19.4 Å². The highest BCUT2D eigenvalue weighted by molar-refractivity contribution is 5.38. The zero-order valence-corrected chi connectivity index (χ0v) is 9.95. The maximum Gasteiger partial charge on any atom is 0.128 e. The van der Waals surface area contributed by atoms with Gasteiger partial charge in [-0.2, -0.15) is 0 Å². The summed E-state index contributed by atoms with van der Waals surface area (Å²) in [6.45, 7) is 4.16. The van der Waals surface area contributed by atoms with Crippen molar-refractivity contribution in [1.29, 1.82) is 0 Å². The predicted octanol–water partition coefficient (Wildman–Crippen LogP) is 2.04. The largest absolute Gasteiger partial charge is 0.360 e. The molecule has 84 valence electrons. The molecule has 1 rings (SSSR count). The molecule has 0 fully saturated rings. The van der Waals surface area contributed by atoms with Gasteiger partial charge in [0.05, 0.1) is 0 Å². The van der Waals surface area contributed by atoms with Crippen molar-refractivity contribution in [2.24, 2.45) is 0 Å². The Morgan fingerprint density at radius 3 is 2.73 bits per heavy atom. The van der Waals surface area contributed by atoms with Gasteiger partial charge in [0.1, 0.15) is 5.82 Å². The molecule has 1 N–H and O–H groups in total. The van der Waals surface area contributed by atoms with Gasteiger partial charge in [0.15, 0.2) is 0 Å². The first-order valence-corrected chi connectivity index (χ1v) is 5.58. The maximum atomic E-state index is 4.44. The van der Waals surface area contributed by atoms with Crippen molar-refractivity contribution in [3.8, 4) is 0 Å². The van der Waals surface area contributed by atoms with Crippen LogP contribution in [0.1, 0.15) is 25.3 Å². The van der Waals surface area contributed by atoms with Gasteiger partial charge in [-0.15, -0.1) is 0 Å². The fourth-order valence-electron chi connectivity index (χ4n) is 1.46. The van der Waals surface area contributed by atoms with Gasteiger partial charge in [0.25, 0.3) is 0 Å². The number of nitrogens with zero attached hydrogens (tertiary/aromatic N) is 2. The van der Waals surface area contributed by atoms with Crippen molar-refractivity contribution in [2.45, 2.75) is 26.3 Å². The first-order valence-electron chi connectivity index (χ1n) is 5.58. The molecular weight excluding hydrogens is 186 g/mol. The maximum absolute atomic E-state index is 4.44. The predicted molar refractivity (Wildman–Crippen MR) is 65.2 cm³/mol. The first-order chi connectivity index (χ1) is 7.27. The smallest absolute Gasteiger partial charge is 0.128 e. The molecule has 3 nitrogen and oxygen atoms in total. The van der Waals surface area contributed by atoms with Crippen LogP contribution >= 0.6 is 0 Å². The average molecular weight is 207 g/mol. The topological polar surface area (TPSA) is 28.2 Å². The van der Waals surface area contributed by atoms with Crippen molar-refractivity contribution in [1.82, 2.24) is 10.3 Å². The van der Waals surface area contributed by atoms with Crippen LogP contribution in [0.25, 0.3) is 0 Å². The molecule has 0 radical (unpaired) electrons.